The van der Waals surface area contributed by atoms with Crippen molar-refractivity contribution in [3.8, 4) is 11.8 Å². The summed E-state index contributed by atoms with van der Waals surface area (Å²) in [6, 6.07) is 6.00. The van der Waals surface area contributed by atoms with Gasteiger partial charge in [0.2, 0.25) is 5.91 Å². The van der Waals surface area contributed by atoms with E-state index in [0.29, 0.717) is 6.42 Å². The second-order valence-corrected chi connectivity index (χ2v) is 5.78. The van der Waals surface area contributed by atoms with Crippen LogP contribution < -0.4 is 4.90 Å². The summed E-state index contributed by atoms with van der Waals surface area (Å²) in [6.07, 6.45) is 5.02. The number of carbonyl (C=O) groups is 1. The normalized spacial score (nSPS) is 20.3. The number of anilines is 1. The molecule has 1 aliphatic heterocycles. The molecule has 1 heterocycles. The predicted molar refractivity (Wildman–Crippen MR) is 78.5 cm³/mol. The number of rotatable bonds is 0. The van der Waals surface area contributed by atoms with E-state index in [4.69, 9.17) is 0 Å². The first-order valence-corrected chi connectivity index (χ1v) is 7.22. The van der Waals surface area contributed by atoms with E-state index in [1.54, 1.807) is 4.90 Å². The van der Waals surface area contributed by atoms with Crippen molar-refractivity contribution in [1.29, 1.82) is 0 Å². The monoisotopic (exact) mass is 269 g/mol. The summed E-state index contributed by atoms with van der Waals surface area (Å²) < 4.78 is 0. The fraction of sp³-hybridized carbons (Fsp3) is 0.471. The molecule has 0 aromatic heterocycles. The van der Waals surface area contributed by atoms with Gasteiger partial charge < -0.3 is 10.0 Å². The molecule has 3 rings (SSSR count). The van der Waals surface area contributed by atoms with Gasteiger partial charge in [-0.3, -0.25) is 4.79 Å². The van der Waals surface area contributed by atoms with Crippen molar-refractivity contribution in [3.05, 3.63) is 29.3 Å². The van der Waals surface area contributed by atoms with E-state index in [1.807, 2.05) is 19.2 Å². The maximum atomic E-state index is 11.9. The van der Waals surface area contributed by atoms with Crippen molar-refractivity contribution in [2.45, 2.75) is 44.1 Å². The molecule has 1 aliphatic carbocycles. The zero-order valence-electron chi connectivity index (χ0n) is 11.8. The third kappa shape index (κ3) is 2.44. The zero-order chi connectivity index (χ0) is 14.2. The van der Waals surface area contributed by atoms with Gasteiger partial charge in [0.15, 0.2) is 0 Å². The summed E-state index contributed by atoms with van der Waals surface area (Å²) in [5.41, 5.74) is 2.24. The molecular formula is C17H19NO2. The Balaban J connectivity index is 1.91. The third-order valence-electron chi connectivity index (χ3n) is 4.28. The number of amides is 1. The molecule has 1 N–H and O–H groups in total. The minimum Gasteiger partial charge on any atom is -0.378 e. The summed E-state index contributed by atoms with van der Waals surface area (Å²) in [7, 11) is 1.82. The van der Waals surface area contributed by atoms with Crippen LogP contribution in [0.1, 0.15) is 43.2 Å². The lowest BCUT2D eigenvalue weighted by molar-refractivity contribution is -0.118. The second-order valence-electron chi connectivity index (χ2n) is 5.78. The van der Waals surface area contributed by atoms with Gasteiger partial charge in [-0.15, -0.1) is 0 Å². The number of hydrogen-bond donors (Lipinski definition) is 1. The van der Waals surface area contributed by atoms with Crippen LogP contribution in [-0.4, -0.2) is 23.7 Å². The SMILES string of the molecule is CN1C(=O)CCCc2ccc(C#CC3(O)CCC3)cc21. The fourth-order valence-electron chi connectivity index (χ4n) is 2.72. The van der Waals surface area contributed by atoms with Crippen molar-refractivity contribution in [2.75, 3.05) is 11.9 Å². The lowest BCUT2D eigenvalue weighted by Gasteiger charge is -2.30. The Hall–Kier alpha value is -1.79. The minimum atomic E-state index is -0.783. The largest absolute Gasteiger partial charge is 0.378 e. The molecule has 0 unspecified atom stereocenters. The molecule has 0 spiro atoms. The number of aliphatic hydroxyl groups is 1. The average molecular weight is 269 g/mol. The second kappa shape index (κ2) is 4.96. The van der Waals surface area contributed by atoms with Gasteiger partial charge in [-0.05, 0) is 49.8 Å². The standard InChI is InChI=1S/C17H19NO2/c1-18-15-12-13(8-11-17(20)9-3-10-17)6-7-14(15)4-2-5-16(18)19/h6-7,12,20H,2-5,9-10H2,1H3. The third-order valence-corrected chi connectivity index (χ3v) is 4.28. The van der Waals surface area contributed by atoms with Gasteiger partial charge in [0.05, 0.1) is 0 Å². The van der Waals surface area contributed by atoms with Crippen LogP contribution in [0.3, 0.4) is 0 Å². The van der Waals surface area contributed by atoms with Gasteiger partial charge in [0.25, 0.3) is 0 Å². The van der Waals surface area contributed by atoms with Crippen LogP contribution in [0.5, 0.6) is 0 Å². The molecular weight excluding hydrogens is 250 g/mol. The molecule has 1 amide bonds. The van der Waals surface area contributed by atoms with Crippen LogP contribution in [-0.2, 0) is 11.2 Å². The quantitative estimate of drug-likeness (QED) is 0.734. The van der Waals surface area contributed by atoms with Crippen molar-refractivity contribution >= 4 is 11.6 Å². The van der Waals surface area contributed by atoms with Crippen LogP contribution in [0, 0.1) is 11.8 Å². The molecule has 2 aliphatic rings. The van der Waals surface area contributed by atoms with E-state index in [0.717, 1.165) is 43.4 Å². The lowest BCUT2D eigenvalue weighted by Crippen LogP contribution is -2.34. The van der Waals surface area contributed by atoms with Gasteiger partial charge in [0.1, 0.15) is 5.60 Å². The first-order chi connectivity index (χ1) is 9.57. The van der Waals surface area contributed by atoms with Crippen LogP contribution in [0.25, 0.3) is 0 Å². The molecule has 104 valence electrons. The zero-order valence-corrected chi connectivity index (χ0v) is 11.8. The van der Waals surface area contributed by atoms with Gasteiger partial charge in [0, 0.05) is 24.7 Å². The van der Waals surface area contributed by atoms with Crippen LogP contribution >= 0.6 is 0 Å². The first-order valence-electron chi connectivity index (χ1n) is 7.22. The molecule has 0 bridgehead atoms. The number of fused-ring (bicyclic) bond motifs is 1. The molecule has 1 aromatic rings. The summed E-state index contributed by atoms with van der Waals surface area (Å²) in [4.78, 5) is 13.6. The lowest BCUT2D eigenvalue weighted by atomic mass is 9.81. The maximum Gasteiger partial charge on any atom is 0.226 e. The Morgan fingerprint density at radius 3 is 2.75 bits per heavy atom. The Labute approximate surface area is 119 Å². The fourth-order valence-corrected chi connectivity index (χ4v) is 2.72. The highest BCUT2D eigenvalue weighted by Crippen LogP contribution is 2.31. The number of carbonyl (C=O) groups excluding carboxylic acids is 1. The average Bonchev–Trinajstić information content (AvgIpc) is 2.55. The molecule has 0 atom stereocenters. The summed E-state index contributed by atoms with van der Waals surface area (Å²) in [5, 5.41) is 10.0. The topological polar surface area (TPSA) is 40.5 Å². The molecule has 3 nitrogen and oxygen atoms in total. The Kier molecular flexibility index (Phi) is 3.27. The van der Waals surface area contributed by atoms with Crippen LogP contribution in [0.4, 0.5) is 5.69 Å². The minimum absolute atomic E-state index is 0.159. The molecule has 20 heavy (non-hydrogen) atoms. The molecule has 1 saturated carbocycles. The Morgan fingerprint density at radius 2 is 2.05 bits per heavy atom. The van der Waals surface area contributed by atoms with Crippen molar-refractivity contribution in [3.63, 3.8) is 0 Å². The molecule has 0 saturated heterocycles. The molecule has 3 heteroatoms. The van der Waals surface area contributed by atoms with Crippen molar-refractivity contribution < 1.29 is 9.90 Å². The number of aryl methyl sites for hydroxylation is 1. The predicted octanol–water partition coefficient (Wildman–Crippen LogP) is 2.25. The highest BCUT2D eigenvalue weighted by Gasteiger charge is 2.32. The summed E-state index contributed by atoms with van der Waals surface area (Å²) >= 11 is 0. The highest BCUT2D eigenvalue weighted by molar-refractivity contribution is 5.94. The van der Waals surface area contributed by atoms with Crippen molar-refractivity contribution in [2.24, 2.45) is 0 Å². The van der Waals surface area contributed by atoms with E-state index in [9.17, 15) is 9.90 Å². The van der Waals surface area contributed by atoms with Crippen LogP contribution in [0.2, 0.25) is 0 Å². The Morgan fingerprint density at radius 1 is 1.25 bits per heavy atom. The van der Waals surface area contributed by atoms with E-state index in [-0.39, 0.29) is 5.91 Å². The van der Waals surface area contributed by atoms with E-state index < -0.39 is 5.60 Å². The van der Waals surface area contributed by atoms with E-state index >= 15 is 0 Å². The molecule has 1 aromatic carbocycles. The van der Waals surface area contributed by atoms with E-state index in [2.05, 4.69) is 17.9 Å². The molecule has 1 fully saturated rings. The first kappa shape index (κ1) is 13.2. The van der Waals surface area contributed by atoms with Gasteiger partial charge >= 0.3 is 0 Å². The highest BCUT2D eigenvalue weighted by atomic mass is 16.3. The Bertz CT molecular complexity index is 605. The molecule has 0 radical (unpaired) electrons. The number of nitrogens with zero attached hydrogens (tertiary/aromatic N) is 1. The van der Waals surface area contributed by atoms with Crippen molar-refractivity contribution in [1.82, 2.24) is 0 Å². The smallest absolute Gasteiger partial charge is 0.226 e. The summed E-state index contributed by atoms with van der Waals surface area (Å²) in [6.45, 7) is 0. The van der Waals surface area contributed by atoms with Gasteiger partial charge in [-0.25, -0.2) is 0 Å². The van der Waals surface area contributed by atoms with Crippen LogP contribution in [0.15, 0.2) is 18.2 Å². The van der Waals surface area contributed by atoms with Gasteiger partial charge in [-0.2, -0.15) is 0 Å². The van der Waals surface area contributed by atoms with Gasteiger partial charge in [-0.1, -0.05) is 17.9 Å². The van der Waals surface area contributed by atoms with E-state index in [1.165, 1.54) is 5.56 Å². The summed E-state index contributed by atoms with van der Waals surface area (Å²) in [5.74, 6) is 6.18. The number of hydrogen-bond acceptors (Lipinski definition) is 2. The maximum absolute atomic E-state index is 11.9. The number of benzene rings is 1.